The van der Waals surface area contributed by atoms with Gasteiger partial charge in [-0.15, -0.1) is 0 Å². The molecule has 0 bridgehead atoms. The Bertz CT molecular complexity index is 685. The molecule has 0 amide bonds. The third-order valence-electron chi connectivity index (χ3n) is 2.67. The molecule has 0 aliphatic heterocycles. The smallest absolute Gasteiger partial charge is 0.349 e. The number of nitrogens with zero attached hydrogens (tertiary/aromatic N) is 1. The lowest BCUT2D eigenvalue weighted by atomic mass is 10.3. The Labute approximate surface area is 126 Å². The highest BCUT2D eigenvalue weighted by Crippen LogP contribution is 2.25. The zero-order valence-corrected chi connectivity index (χ0v) is 11.7. The number of ether oxygens (including phenoxy) is 3. The predicted octanol–water partition coefficient (Wildman–Crippen LogP) is 2.59. The summed E-state index contributed by atoms with van der Waals surface area (Å²) in [6.07, 6.45) is 0. The fraction of sp³-hybridized carbons (Fsp3) is 0.133. The molecule has 114 valence electrons. The molecule has 7 nitrogen and oxygen atoms in total. The molecule has 0 spiro atoms. The number of carbonyl (C=O) groups is 1. The van der Waals surface area contributed by atoms with Crippen LogP contribution in [-0.4, -0.2) is 24.6 Å². The van der Waals surface area contributed by atoms with Crippen LogP contribution in [-0.2, 0) is 4.79 Å². The Kier molecular flexibility index (Phi) is 4.92. The number of methoxy groups -OCH3 is 1. The van der Waals surface area contributed by atoms with Gasteiger partial charge in [0.1, 0.15) is 5.75 Å². The molecule has 22 heavy (non-hydrogen) atoms. The van der Waals surface area contributed by atoms with Gasteiger partial charge in [0.15, 0.2) is 18.1 Å². The highest BCUT2D eigenvalue weighted by Gasteiger charge is 2.11. The van der Waals surface area contributed by atoms with Crippen LogP contribution in [0.4, 0.5) is 5.69 Å². The maximum Gasteiger partial charge on any atom is 0.349 e. The molecule has 0 saturated heterocycles. The van der Waals surface area contributed by atoms with E-state index in [4.69, 9.17) is 14.2 Å². The summed E-state index contributed by atoms with van der Waals surface area (Å²) in [5.41, 5.74) is -0.157. The molecule has 0 radical (unpaired) electrons. The lowest BCUT2D eigenvalue weighted by Gasteiger charge is -2.09. The third-order valence-corrected chi connectivity index (χ3v) is 2.67. The van der Waals surface area contributed by atoms with Crippen molar-refractivity contribution in [2.75, 3.05) is 13.7 Å². The number of esters is 1. The summed E-state index contributed by atoms with van der Waals surface area (Å²) in [6, 6.07) is 12.2. The standard InChI is InChI=1S/C15H13NO6/c1-20-13-7-2-3-8-14(13)21-10-15(17)22-12-6-4-5-11(9-12)16(18)19/h2-9H,10H2,1H3. The van der Waals surface area contributed by atoms with Gasteiger partial charge in [0, 0.05) is 6.07 Å². The molecule has 0 aliphatic carbocycles. The molecule has 2 aromatic rings. The lowest BCUT2D eigenvalue weighted by Crippen LogP contribution is -2.18. The van der Waals surface area contributed by atoms with Gasteiger partial charge >= 0.3 is 5.97 Å². The number of hydrogen-bond donors (Lipinski definition) is 0. The van der Waals surface area contributed by atoms with Gasteiger partial charge in [-0.05, 0) is 18.2 Å². The zero-order chi connectivity index (χ0) is 15.9. The van der Waals surface area contributed by atoms with Crippen LogP contribution in [0.2, 0.25) is 0 Å². The Balaban J connectivity index is 1.96. The summed E-state index contributed by atoms with van der Waals surface area (Å²) in [4.78, 5) is 21.8. The minimum atomic E-state index is -0.675. The number of benzene rings is 2. The van der Waals surface area contributed by atoms with Gasteiger partial charge in [-0.2, -0.15) is 0 Å². The van der Waals surface area contributed by atoms with E-state index in [-0.39, 0.29) is 18.0 Å². The molecule has 0 aromatic heterocycles. The summed E-state index contributed by atoms with van der Waals surface area (Å²) in [7, 11) is 1.49. The number of non-ortho nitro benzene ring substituents is 1. The lowest BCUT2D eigenvalue weighted by molar-refractivity contribution is -0.384. The van der Waals surface area contributed by atoms with E-state index in [0.717, 1.165) is 0 Å². The highest BCUT2D eigenvalue weighted by molar-refractivity contribution is 5.74. The Morgan fingerprint density at radius 3 is 2.55 bits per heavy atom. The fourth-order valence-electron chi connectivity index (χ4n) is 1.70. The van der Waals surface area contributed by atoms with Crippen LogP contribution in [0, 0.1) is 10.1 Å². The topological polar surface area (TPSA) is 87.9 Å². The van der Waals surface area contributed by atoms with Crippen molar-refractivity contribution >= 4 is 11.7 Å². The summed E-state index contributed by atoms with van der Waals surface area (Å²) in [5.74, 6) is 0.306. The van der Waals surface area contributed by atoms with Crippen LogP contribution >= 0.6 is 0 Å². The van der Waals surface area contributed by atoms with E-state index in [1.165, 1.54) is 31.4 Å². The van der Waals surface area contributed by atoms with Crippen LogP contribution in [0.15, 0.2) is 48.5 Å². The second kappa shape index (κ2) is 7.07. The maximum absolute atomic E-state index is 11.7. The van der Waals surface area contributed by atoms with Gasteiger partial charge in [-0.3, -0.25) is 10.1 Å². The van der Waals surface area contributed by atoms with Crippen molar-refractivity contribution in [3.63, 3.8) is 0 Å². The molecule has 2 rings (SSSR count). The second-order valence-corrected chi connectivity index (χ2v) is 4.17. The van der Waals surface area contributed by atoms with Crippen molar-refractivity contribution in [3.8, 4) is 17.2 Å². The van der Waals surface area contributed by atoms with Crippen LogP contribution in [0.25, 0.3) is 0 Å². The van der Waals surface area contributed by atoms with Crippen molar-refractivity contribution in [3.05, 3.63) is 58.6 Å². The van der Waals surface area contributed by atoms with Crippen molar-refractivity contribution in [1.29, 1.82) is 0 Å². The van der Waals surface area contributed by atoms with Crippen LogP contribution in [0.5, 0.6) is 17.2 Å². The van der Waals surface area contributed by atoms with Gasteiger partial charge in [0.25, 0.3) is 5.69 Å². The van der Waals surface area contributed by atoms with E-state index < -0.39 is 10.9 Å². The number of nitro benzene ring substituents is 1. The van der Waals surface area contributed by atoms with Gasteiger partial charge in [-0.1, -0.05) is 18.2 Å². The van der Waals surface area contributed by atoms with Gasteiger partial charge in [0.05, 0.1) is 18.1 Å². The normalized spacial score (nSPS) is 9.86. The maximum atomic E-state index is 11.7. The molecular weight excluding hydrogens is 290 g/mol. The number of carbonyl (C=O) groups excluding carboxylic acids is 1. The number of nitro groups is 1. The van der Waals surface area contributed by atoms with Gasteiger partial charge in [-0.25, -0.2) is 4.79 Å². The van der Waals surface area contributed by atoms with Crippen molar-refractivity contribution < 1.29 is 23.9 Å². The molecule has 0 unspecified atom stereocenters. The first-order valence-electron chi connectivity index (χ1n) is 6.31. The van der Waals surface area contributed by atoms with Gasteiger partial charge in [0.2, 0.25) is 0 Å². The molecule has 0 aliphatic rings. The minimum absolute atomic E-state index is 0.0860. The number of para-hydroxylation sites is 2. The van der Waals surface area contributed by atoms with Gasteiger partial charge < -0.3 is 14.2 Å². The van der Waals surface area contributed by atoms with E-state index >= 15 is 0 Å². The fourth-order valence-corrected chi connectivity index (χ4v) is 1.70. The predicted molar refractivity (Wildman–Crippen MR) is 77.2 cm³/mol. The quantitative estimate of drug-likeness (QED) is 0.353. The summed E-state index contributed by atoms with van der Waals surface area (Å²) in [6.45, 7) is -0.344. The summed E-state index contributed by atoms with van der Waals surface area (Å²) >= 11 is 0. The first-order chi connectivity index (χ1) is 10.6. The molecular formula is C15H13NO6. The van der Waals surface area contributed by atoms with Crippen molar-refractivity contribution in [2.24, 2.45) is 0 Å². The van der Waals surface area contributed by atoms with E-state index in [1.807, 2.05) is 0 Å². The monoisotopic (exact) mass is 303 g/mol. The Hall–Kier alpha value is -3.09. The van der Waals surface area contributed by atoms with Crippen LogP contribution in [0.3, 0.4) is 0 Å². The van der Waals surface area contributed by atoms with Crippen LogP contribution in [0.1, 0.15) is 0 Å². The number of hydrogen-bond acceptors (Lipinski definition) is 6. The first-order valence-corrected chi connectivity index (χ1v) is 6.31. The Morgan fingerprint density at radius 2 is 1.86 bits per heavy atom. The second-order valence-electron chi connectivity index (χ2n) is 4.17. The summed E-state index contributed by atoms with van der Waals surface area (Å²) in [5, 5.41) is 10.6. The average Bonchev–Trinajstić information content (AvgIpc) is 2.53. The molecule has 2 aromatic carbocycles. The largest absolute Gasteiger partial charge is 0.493 e. The molecule has 0 fully saturated rings. The van der Waals surface area contributed by atoms with Crippen molar-refractivity contribution in [2.45, 2.75) is 0 Å². The Morgan fingerprint density at radius 1 is 1.14 bits per heavy atom. The van der Waals surface area contributed by atoms with E-state index in [1.54, 1.807) is 24.3 Å². The average molecular weight is 303 g/mol. The molecule has 0 N–H and O–H groups in total. The van der Waals surface area contributed by atoms with Crippen molar-refractivity contribution in [1.82, 2.24) is 0 Å². The first kappa shape index (κ1) is 15.3. The minimum Gasteiger partial charge on any atom is -0.493 e. The van der Waals surface area contributed by atoms with E-state index in [9.17, 15) is 14.9 Å². The molecule has 0 saturated carbocycles. The summed E-state index contributed by atoms with van der Waals surface area (Å²) < 4.78 is 15.4. The highest BCUT2D eigenvalue weighted by atomic mass is 16.6. The van der Waals surface area contributed by atoms with E-state index in [2.05, 4.69) is 0 Å². The number of rotatable bonds is 6. The zero-order valence-electron chi connectivity index (χ0n) is 11.7. The van der Waals surface area contributed by atoms with Crippen LogP contribution < -0.4 is 14.2 Å². The molecule has 0 heterocycles. The third kappa shape index (κ3) is 3.95. The SMILES string of the molecule is COc1ccccc1OCC(=O)Oc1cccc([N+](=O)[O-])c1. The van der Waals surface area contributed by atoms with E-state index in [0.29, 0.717) is 11.5 Å². The molecule has 7 heteroatoms. The molecule has 0 atom stereocenters.